The molecule has 6 nitrogen and oxygen atoms in total. The van der Waals surface area contributed by atoms with Gasteiger partial charge in [0.1, 0.15) is 0 Å². The maximum absolute atomic E-state index is 14.1. The highest BCUT2D eigenvalue weighted by Gasteiger charge is 2.29. The number of aliphatic hydroxyl groups is 1. The first kappa shape index (κ1) is 17.0. The Balaban J connectivity index is 1.39. The van der Waals surface area contributed by atoms with Crippen molar-refractivity contribution >= 4 is 11.8 Å². The minimum absolute atomic E-state index is 0.171. The van der Waals surface area contributed by atoms with Crippen LogP contribution in [0.5, 0.6) is 0 Å². The molecule has 0 bridgehead atoms. The molecule has 4 rings (SSSR count). The molecule has 3 saturated heterocycles. The number of piperidine rings is 2. The second kappa shape index (κ2) is 7.41. The molecule has 7 heteroatoms. The molecule has 1 unspecified atom stereocenters. The summed E-state index contributed by atoms with van der Waals surface area (Å²) >= 11 is 0. The van der Waals surface area contributed by atoms with Gasteiger partial charge in [-0.15, -0.1) is 0 Å². The molecule has 0 spiro atoms. The van der Waals surface area contributed by atoms with Gasteiger partial charge in [-0.05, 0) is 45.1 Å². The average molecular weight is 349 g/mol. The van der Waals surface area contributed by atoms with E-state index in [9.17, 15) is 9.50 Å². The SMILES string of the molecule is OC1CCCN(C2CCN(c3ncc(F)c(N4CCCC4)n3)CC2)C1. The second-order valence-corrected chi connectivity index (χ2v) is 7.54. The van der Waals surface area contributed by atoms with Crippen molar-refractivity contribution < 1.29 is 9.50 Å². The number of halogens is 1. The van der Waals surface area contributed by atoms with Crippen LogP contribution in [0.1, 0.15) is 38.5 Å². The zero-order valence-corrected chi connectivity index (χ0v) is 14.8. The van der Waals surface area contributed by atoms with Gasteiger partial charge in [0.05, 0.1) is 12.3 Å². The highest BCUT2D eigenvalue weighted by molar-refractivity contribution is 5.46. The van der Waals surface area contributed by atoms with Crippen LogP contribution in [0, 0.1) is 5.82 Å². The maximum Gasteiger partial charge on any atom is 0.227 e. The molecule has 0 radical (unpaired) electrons. The summed E-state index contributed by atoms with van der Waals surface area (Å²) in [5, 5.41) is 9.89. The van der Waals surface area contributed by atoms with Gasteiger partial charge in [0.2, 0.25) is 5.95 Å². The highest BCUT2D eigenvalue weighted by atomic mass is 19.1. The van der Waals surface area contributed by atoms with E-state index in [-0.39, 0.29) is 11.9 Å². The Morgan fingerprint density at radius 2 is 1.72 bits per heavy atom. The number of anilines is 2. The van der Waals surface area contributed by atoms with Gasteiger partial charge >= 0.3 is 0 Å². The monoisotopic (exact) mass is 349 g/mol. The van der Waals surface area contributed by atoms with Gasteiger partial charge in [0.15, 0.2) is 11.6 Å². The van der Waals surface area contributed by atoms with Crippen LogP contribution in [0.15, 0.2) is 6.20 Å². The molecule has 0 aliphatic carbocycles. The van der Waals surface area contributed by atoms with Crippen LogP contribution in [-0.4, -0.2) is 71.4 Å². The molecule has 25 heavy (non-hydrogen) atoms. The Morgan fingerprint density at radius 1 is 0.960 bits per heavy atom. The fourth-order valence-corrected chi connectivity index (χ4v) is 4.40. The third-order valence-corrected chi connectivity index (χ3v) is 5.81. The standard InChI is InChI=1S/C18H28FN5O/c19-16-12-20-18(21-17(16)22-7-1-2-8-22)23-10-5-14(6-11-23)24-9-3-4-15(25)13-24/h12,14-15,25H,1-11,13H2. The number of aromatic nitrogens is 2. The summed E-state index contributed by atoms with van der Waals surface area (Å²) in [4.78, 5) is 15.4. The topological polar surface area (TPSA) is 55.7 Å². The van der Waals surface area contributed by atoms with E-state index in [1.807, 2.05) is 4.90 Å². The lowest BCUT2D eigenvalue weighted by Crippen LogP contribution is -2.50. The average Bonchev–Trinajstić information content (AvgIpc) is 3.17. The largest absolute Gasteiger partial charge is 0.392 e. The maximum atomic E-state index is 14.1. The van der Waals surface area contributed by atoms with Crippen LogP contribution >= 0.6 is 0 Å². The molecule has 3 aliphatic heterocycles. The molecular weight excluding hydrogens is 321 g/mol. The number of β-amino-alcohol motifs (C(OH)–C–C–N with tert-alkyl or cyclic N) is 1. The van der Waals surface area contributed by atoms with Crippen LogP contribution in [0.3, 0.4) is 0 Å². The van der Waals surface area contributed by atoms with E-state index in [4.69, 9.17) is 0 Å². The van der Waals surface area contributed by atoms with E-state index >= 15 is 0 Å². The number of nitrogens with zero attached hydrogens (tertiary/aromatic N) is 5. The molecule has 4 heterocycles. The number of aliphatic hydroxyl groups excluding tert-OH is 1. The van der Waals surface area contributed by atoms with Crippen molar-refractivity contribution in [3.8, 4) is 0 Å². The van der Waals surface area contributed by atoms with Crippen LogP contribution in [0.25, 0.3) is 0 Å². The molecular formula is C18H28FN5O. The summed E-state index contributed by atoms with van der Waals surface area (Å²) in [7, 11) is 0. The summed E-state index contributed by atoms with van der Waals surface area (Å²) in [6.07, 6.45) is 7.47. The molecule has 1 atom stereocenters. The molecule has 1 N–H and O–H groups in total. The molecule has 1 aromatic rings. The summed E-state index contributed by atoms with van der Waals surface area (Å²) in [6.45, 7) is 5.44. The molecule has 0 saturated carbocycles. The third-order valence-electron chi connectivity index (χ3n) is 5.81. The molecule has 0 amide bonds. The number of hydrogen-bond donors (Lipinski definition) is 1. The number of likely N-dealkylation sites (tertiary alicyclic amines) is 1. The van der Waals surface area contributed by atoms with Crippen molar-refractivity contribution in [2.24, 2.45) is 0 Å². The van der Waals surface area contributed by atoms with E-state index in [0.717, 1.165) is 77.8 Å². The van der Waals surface area contributed by atoms with Crippen LogP contribution in [0.4, 0.5) is 16.2 Å². The van der Waals surface area contributed by atoms with E-state index in [1.54, 1.807) is 0 Å². The van der Waals surface area contributed by atoms with E-state index in [1.165, 1.54) is 6.20 Å². The first-order valence-electron chi connectivity index (χ1n) is 9.65. The molecule has 138 valence electrons. The van der Waals surface area contributed by atoms with Crippen LogP contribution < -0.4 is 9.80 Å². The van der Waals surface area contributed by atoms with Gasteiger partial charge < -0.3 is 14.9 Å². The van der Waals surface area contributed by atoms with E-state index in [0.29, 0.717) is 17.8 Å². The fourth-order valence-electron chi connectivity index (χ4n) is 4.40. The van der Waals surface area contributed by atoms with Gasteiger partial charge in [-0.2, -0.15) is 4.98 Å². The van der Waals surface area contributed by atoms with Crippen molar-refractivity contribution in [1.29, 1.82) is 0 Å². The zero-order chi connectivity index (χ0) is 17.2. The van der Waals surface area contributed by atoms with Crippen LogP contribution in [0.2, 0.25) is 0 Å². The predicted octanol–water partition coefficient (Wildman–Crippen LogP) is 1.64. The molecule has 1 aromatic heterocycles. The van der Waals surface area contributed by atoms with Gasteiger partial charge in [-0.25, -0.2) is 9.37 Å². The third kappa shape index (κ3) is 3.72. The summed E-state index contributed by atoms with van der Waals surface area (Å²) < 4.78 is 14.1. The molecule has 3 aliphatic rings. The van der Waals surface area contributed by atoms with Crippen LogP contribution in [-0.2, 0) is 0 Å². The first-order valence-corrected chi connectivity index (χ1v) is 9.65. The van der Waals surface area contributed by atoms with Crippen molar-refractivity contribution in [2.75, 3.05) is 49.1 Å². The lowest BCUT2D eigenvalue weighted by Gasteiger charge is -2.41. The van der Waals surface area contributed by atoms with Gasteiger partial charge in [0, 0.05) is 38.8 Å². The Kier molecular flexibility index (Phi) is 5.03. The summed E-state index contributed by atoms with van der Waals surface area (Å²) in [5.41, 5.74) is 0. The number of hydrogen-bond acceptors (Lipinski definition) is 6. The van der Waals surface area contributed by atoms with Crippen molar-refractivity contribution in [3.63, 3.8) is 0 Å². The smallest absolute Gasteiger partial charge is 0.227 e. The van der Waals surface area contributed by atoms with E-state index in [2.05, 4.69) is 19.8 Å². The minimum Gasteiger partial charge on any atom is -0.392 e. The van der Waals surface area contributed by atoms with Gasteiger partial charge in [-0.1, -0.05) is 0 Å². The lowest BCUT2D eigenvalue weighted by atomic mass is 9.99. The Hall–Kier alpha value is -1.47. The lowest BCUT2D eigenvalue weighted by molar-refractivity contribution is 0.0397. The fraction of sp³-hybridized carbons (Fsp3) is 0.778. The van der Waals surface area contributed by atoms with Crippen molar-refractivity contribution in [2.45, 2.75) is 50.7 Å². The van der Waals surface area contributed by atoms with E-state index < -0.39 is 0 Å². The quantitative estimate of drug-likeness (QED) is 0.895. The van der Waals surface area contributed by atoms with Crippen molar-refractivity contribution in [3.05, 3.63) is 12.0 Å². The summed E-state index contributed by atoms with van der Waals surface area (Å²) in [6, 6.07) is 0.532. The summed E-state index contributed by atoms with van der Waals surface area (Å²) in [5.74, 6) is 0.798. The first-order chi connectivity index (χ1) is 12.2. The second-order valence-electron chi connectivity index (χ2n) is 7.54. The predicted molar refractivity (Wildman–Crippen MR) is 95.5 cm³/mol. The highest BCUT2D eigenvalue weighted by Crippen LogP contribution is 2.26. The Labute approximate surface area is 148 Å². The molecule has 3 fully saturated rings. The Bertz CT molecular complexity index is 587. The van der Waals surface area contributed by atoms with Gasteiger partial charge in [0.25, 0.3) is 0 Å². The zero-order valence-electron chi connectivity index (χ0n) is 14.8. The Morgan fingerprint density at radius 3 is 2.44 bits per heavy atom. The van der Waals surface area contributed by atoms with Gasteiger partial charge in [-0.3, -0.25) is 4.90 Å². The van der Waals surface area contributed by atoms with Crippen molar-refractivity contribution in [1.82, 2.24) is 14.9 Å². The number of rotatable bonds is 3. The minimum atomic E-state index is -0.317. The normalized spacial score (nSPS) is 26.4. The molecule has 0 aromatic carbocycles.